The van der Waals surface area contributed by atoms with Crippen molar-refractivity contribution in [3.8, 4) is 0 Å². The molecule has 0 fully saturated rings. The van der Waals surface area contributed by atoms with Crippen LogP contribution in [0.25, 0.3) is 0 Å². The molecule has 20 heavy (non-hydrogen) atoms. The van der Waals surface area contributed by atoms with Crippen molar-refractivity contribution >= 4 is 21.8 Å². The summed E-state index contributed by atoms with van der Waals surface area (Å²) in [6.45, 7) is 0.983. The Bertz CT molecular complexity index is 584. The summed E-state index contributed by atoms with van der Waals surface area (Å²) >= 11 is 3.39. The van der Waals surface area contributed by atoms with Crippen molar-refractivity contribution in [1.29, 1.82) is 0 Å². The highest BCUT2D eigenvalue weighted by Gasteiger charge is 2.06. The van der Waals surface area contributed by atoms with Crippen molar-refractivity contribution in [2.24, 2.45) is 5.73 Å². The molecule has 0 saturated heterocycles. The summed E-state index contributed by atoms with van der Waals surface area (Å²) in [5.74, 6) is -0.169. The van der Waals surface area contributed by atoms with Gasteiger partial charge in [-0.15, -0.1) is 0 Å². The van der Waals surface area contributed by atoms with E-state index >= 15 is 0 Å². The summed E-state index contributed by atoms with van der Waals surface area (Å²) in [5, 5.41) is 2.86. The van der Waals surface area contributed by atoms with Crippen LogP contribution in [-0.2, 0) is 13.0 Å². The number of aromatic nitrogens is 1. The van der Waals surface area contributed by atoms with Crippen molar-refractivity contribution in [3.05, 3.63) is 63.9 Å². The van der Waals surface area contributed by atoms with Gasteiger partial charge in [0, 0.05) is 23.8 Å². The molecule has 5 heteroatoms. The van der Waals surface area contributed by atoms with E-state index in [9.17, 15) is 4.79 Å². The number of carbonyl (C=O) groups excluding carboxylic acids is 1. The third-order valence-electron chi connectivity index (χ3n) is 2.91. The molecule has 0 saturated carbocycles. The summed E-state index contributed by atoms with van der Waals surface area (Å²) in [5.41, 5.74) is 8.03. The lowest BCUT2D eigenvalue weighted by Crippen LogP contribution is -2.26. The molecule has 0 aliphatic heterocycles. The highest BCUT2D eigenvalue weighted by molar-refractivity contribution is 9.10. The van der Waals surface area contributed by atoms with Crippen LogP contribution in [-0.4, -0.2) is 17.4 Å². The molecule has 2 aromatic rings. The smallest absolute Gasteiger partial charge is 0.269 e. The Morgan fingerprint density at radius 3 is 2.65 bits per heavy atom. The van der Waals surface area contributed by atoms with Crippen LogP contribution in [0.4, 0.5) is 0 Å². The van der Waals surface area contributed by atoms with Gasteiger partial charge in [0.05, 0.1) is 0 Å². The second-order valence-electron chi connectivity index (χ2n) is 4.39. The van der Waals surface area contributed by atoms with Gasteiger partial charge >= 0.3 is 0 Å². The molecule has 1 aromatic carbocycles. The van der Waals surface area contributed by atoms with E-state index in [4.69, 9.17) is 5.73 Å². The number of nitrogens with one attached hydrogen (secondary N) is 1. The van der Waals surface area contributed by atoms with Crippen LogP contribution in [0.5, 0.6) is 0 Å². The monoisotopic (exact) mass is 333 g/mol. The molecule has 1 amide bonds. The Labute approximate surface area is 126 Å². The van der Waals surface area contributed by atoms with Crippen LogP contribution in [0, 0.1) is 0 Å². The largest absolute Gasteiger partial charge is 0.350 e. The highest BCUT2D eigenvalue weighted by atomic mass is 79.9. The van der Waals surface area contributed by atoms with Gasteiger partial charge in [0.25, 0.3) is 5.91 Å². The zero-order chi connectivity index (χ0) is 14.4. The number of rotatable bonds is 5. The molecule has 0 bridgehead atoms. The molecule has 2 rings (SSSR count). The van der Waals surface area contributed by atoms with Gasteiger partial charge < -0.3 is 11.1 Å². The van der Waals surface area contributed by atoms with E-state index in [2.05, 4.69) is 26.2 Å². The van der Waals surface area contributed by atoms with E-state index in [1.165, 1.54) is 5.56 Å². The molecule has 0 unspecified atom stereocenters. The number of hydrogen-bond donors (Lipinski definition) is 2. The van der Waals surface area contributed by atoms with Gasteiger partial charge in [-0.05, 0) is 41.8 Å². The SMILES string of the molecule is NCc1ccnc(C(=O)NCCc2ccc(Br)cc2)c1. The maximum atomic E-state index is 11.9. The third-order valence-corrected chi connectivity index (χ3v) is 3.43. The average Bonchev–Trinajstić information content (AvgIpc) is 2.49. The lowest BCUT2D eigenvalue weighted by atomic mass is 10.1. The van der Waals surface area contributed by atoms with Crippen LogP contribution in [0.1, 0.15) is 21.6 Å². The van der Waals surface area contributed by atoms with E-state index in [0.717, 1.165) is 16.5 Å². The molecule has 1 aromatic heterocycles. The van der Waals surface area contributed by atoms with E-state index in [0.29, 0.717) is 18.8 Å². The predicted octanol–water partition coefficient (Wildman–Crippen LogP) is 2.28. The quantitative estimate of drug-likeness (QED) is 0.881. The van der Waals surface area contributed by atoms with Crippen LogP contribution in [0.15, 0.2) is 47.1 Å². The molecule has 0 spiro atoms. The standard InChI is InChI=1S/C15H16BrN3O/c16-13-3-1-11(2-4-13)5-8-19-15(20)14-9-12(10-17)6-7-18-14/h1-4,6-7,9H,5,8,10,17H2,(H,19,20). The normalized spacial score (nSPS) is 10.3. The minimum absolute atomic E-state index is 0.169. The number of amides is 1. The van der Waals surface area contributed by atoms with Crippen LogP contribution >= 0.6 is 15.9 Å². The van der Waals surface area contributed by atoms with Gasteiger partial charge in [0.1, 0.15) is 5.69 Å². The molecular weight excluding hydrogens is 318 g/mol. The summed E-state index contributed by atoms with van der Waals surface area (Å²) < 4.78 is 1.05. The Morgan fingerprint density at radius 2 is 1.95 bits per heavy atom. The molecule has 104 valence electrons. The first-order valence-electron chi connectivity index (χ1n) is 6.36. The lowest BCUT2D eigenvalue weighted by Gasteiger charge is -2.06. The first kappa shape index (κ1) is 14.7. The van der Waals surface area contributed by atoms with Gasteiger partial charge in [-0.25, -0.2) is 0 Å². The number of nitrogens with two attached hydrogens (primary N) is 1. The van der Waals surface area contributed by atoms with Crippen LogP contribution in [0.2, 0.25) is 0 Å². The predicted molar refractivity (Wildman–Crippen MR) is 82.3 cm³/mol. The summed E-state index contributed by atoms with van der Waals surface area (Å²) in [4.78, 5) is 16.0. The number of halogens is 1. The van der Waals surface area contributed by atoms with Crippen LogP contribution in [0.3, 0.4) is 0 Å². The molecule has 1 heterocycles. The number of hydrogen-bond acceptors (Lipinski definition) is 3. The van der Waals surface area contributed by atoms with Crippen molar-refractivity contribution in [2.75, 3.05) is 6.54 Å². The summed E-state index contributed by atoms with van der Waals surface area (Å²) in [7, 11) is 0. The maximum absolute atomic E-state index is 11.9. The summed E-state index contributed by atoms with van der Waals surface area (Å²) in [6.07, 6.45) is 2.39. The van der Waals surface area contributed by atoms with Crippen molar-refractivity contribution in [3.63, 3.8) is 0 Å². The Morgan fingerprint density at radius 1 is 1.20 bits per heavy atom. The van der Waals surface area contributed by atoms with Gasteiger partial charge in [-0.2, -0.15) is 0 Å². The highest BCUT2D eigenvalue weighted by Crippen LogP contribution is 2.10. The minimum atomic E-state index is -0.169. The molecule has 0 aliphatic carbocycles. The molecule has 0 atom stereocenters. The van der Waals surface area contributed by atoms with Crippen molar-refractivity contribution < 1.29 is 4.79 Å². The second kappa shape index (κ2) is 7.17. The van der Waals surface area contributed by atoms with E-state index in [1.807, 2.05) is 24.3 Å². The molecule has 0 radical (unpaired) electrons. The second-order valence-corrected chi connectivity index (χ2v) is 5.30. The van der Waals surface area contributed by atoms with Gasteiger partial charge in [0.2, 0.25) is 0 Å². The van der Waals surface area contributed by atoms with E-state index in [1.54, 1.807) is 18.3 Å². The maximum Gasteiger partial charge on any atom is 0.269 e. The Kier molecular flexibility index (Phi) is 5.26. The number of carbonyl (C=O) groups is 1. The summed E-state index contributed by atoms with van der Waals surface area (Å²) in [6, 6.07) is 11.6. The minimum Gasteiger partial charge on any atom is -0.350 e. The fourth-order valence-electron chi connectivity index (χ4n) is 1.79. The van der Waals surface area contributed by atoms with Crippen LogP contribution < -0.4 is 11.1 Å². The van der Waals surface area contributed by atoms with Gasteiger partial charge in [-0.3, -0.25) is 9.78 Å². The Hall–Kier alpha value is -1.72. The average molecular weight is 334 g/mol. The third kappa shape index (κ3) is 4.15. The first-order valence-corrected chi connectivity index (χ1v) is 7.16. The van der Waals surface area contributed by atoms with Gasteiger partial charge in [0.15, 0.2) is 0 Å². The molecular formula is C15H16BrN3O. The number of pyridine rings is 1. The number of benzene rings is 1. The topological polar surface area (TPSA) is 68.0 Å². The first-order chi connectivity index (χ1) is 9.69. The van der Waals surface area contributed by atoms with Crippen molar-refractivity contribution in [1.82, 2.24) is 10.3 Å². The van der Waals surface area contributed by atoms with E-state index in [-0.39, 0.29) is 5.91 Å². The fourth-order valence-corrected chi connectivity index (χ4v) is 2.05. The fraction of sp³-hybridized carbons (Fsp3) is 0.200. The van der Waals surface area contributed by atoms with E-state index < -0.39 is 0 Å². The lowest BCUT2D eigenvalue weighted by molar-refractivity contribution is 0.0949. The molecule has 3 N–H and O–H groups in total. The Balaban J connectivity index is 1.87. The van der Waals surface area contributed by atoms with Crippen molar-refractivity contribution in [2.45, 2.75) is 13.0 Å². The number of nitrogens with zero attached hydrogens (tertiary/aromatic N) is 1. The molecule has 0 aliphatic rings. The zero-order valence-corrected chi connectivity index (χ0v) is 12.6. The molecule has 4 nitrogen and oxygen atoms in total. The van der Waals surface area contributed by atoms with Gasteiger partial charge in [-0.1, -0.05) is 28.1 Å². The zero-order valence-electron chi connectivity index (χ0n) is 11.0.